The number of nitrogens with two attached hydrogens (primary N) is 1. The highest BCUT2D eigenvalue weighted by molar-refractivity contribution is 7.89. The van der Waals surface area contributed by atoms with Crippen molar-refractivity contribution >= 4 is 27.3 Å². The number of carbonyl (C=O) groups is 1. The summed E-state index contributed by atoms with van der Waals surface area (Å²) in [6.07, 6.45) is 2.74. The number of nitrogen functional groups attached to an aromatic ring is 1. The topological polar surface area (TPSA) is 92.5 Å². The van der Waals surface area contributed by atoms with E-state index in [1.54, 1.807) is 5.38 Å². The molecule has 1 unspecified atom stereocenters. The second kappa shape index (κ2) is 5.58. The normalized spacial score (nSPS) is 21.3. The van der Waals surface area contributed by atoms with Crippen molar-refractivity contribution in [1.82, 2.24) is 9.73 Å². The van der Waals surface area contributed by atoms with Gasteiger partial charge in [-0.15, -0.1) is 11.3 Å². The second-order valence-electron chi connectivity index (χ2n) is 4.55. The zero-order valence-corrected chi connectivity index (χ0v) is 12.3. The zero-order chi connectivity index (χ0) is 14.0. The van der Waals surface area contributed by atoms with E-state index in [0.29, 0.717) is 6.54 Å². The van der Waals surface area contributed by atoms with Gasteiger partial charge in [0.05, 0.1) is 0 Å². The number of hydrazine groups is 1. The first-order valence-corrected chi connectivity index (χ1v) is 8.40. The van der Waals surface area contributed by atoms with Crippen LogP contribution in [0.15, 0.2) is 16.3 Å². The molecule has 19 heavy (non-hydrogen) atoms. The lowest BCUT2D eigenvalue weighted by atomic mass is 10.1. The lowest BCUT2D eigenvalue weighted by molar-refractivity contribution is 0.0954. The molecule has 1 aliphatic rings. The van der Waals surface area contributed by atoms with Crippen molar-refractivity contribution in [1.29, 1.82) is 0 Å². The van der Waals surface area contributed by atoms with Crippen LogP contribution in [0, 0.1) is 0 Å². The van der Waals surface area contributed by atoms with E-state index in [4.69, 9.17) is 5.84 Å². The molecule has 2 heterocycles. The van der Waals surface area contributed by atoms with Crippen LogP contribution in [0.1, 0.15) is 35.9 Å². The lowest BCUT2D eigenvalue weighted by Gasteiger charge is -2.32. The van der Waals surface area contributed by atoms with Gasteiger partial charge in [-0.05, 0) is 31.2 Å². The van der Waals surface area contributed by atoms with Crippen LogP contribution < -0.4 is 11.3 Å². The number of carbonyl (C=O) groups excluding carboxylic acids is 1. The number of amides is 1. The summed E-state index contributed by atoms with van der Waals surface area (Å²) >= 11 is 1.08. The van der Waals surface area contributed by atoms with E-state index in [9.17, 15) is 13.2 Å². The van der Waals surface area contributed by atoms with Gasteiger partial charge >= 0.3 is 0 Å². The van der Waals surface area contributed by atoms with Crippen molar-refractivity contribution in [3.8, 4) is 0 Å². The van der Waals surface area contributed by atoms with Crippen molar-refractivity contribution < 1.29 is 13.2 Å². The second-order valence-corrected chi connectivity index (χ2v) is 7.32. The smallest absolute Gasteiger partial charge is 0.276 e. The largest absolute Gasteiger partial charge is 0.289 e. The van der Waals surface area contributed by atoms with Crippen LogP contribution in [0.5, 0.6) is 0 Å². The van der Waals surface area contributed by atoms with Crippen LogP contribution in [0.4, 0.5) is 0 Å². The Balaban J connectivity index is 2.39. The van der Waals surface area contributed by atoms with Gasteiger partial charge in [-0.2, -0.15) is 4.31 Å². The monoisotopic (exact) mass is 303 g/mol. The molecule has 0 spiro atoms. The quantitative estimate of drug-likeness (QED) is 0.493. The first kappa shape index (κ1) is 14.4. The number of nitrogens with one attached hydrogen (secondary N) is 1. The van der Waals surface area contributed by atoms with Crippen LogP contribution in [-0.2, 0) is 10.0 Å². The van der Waals surface area contributed by atoms with Crippen LogP contribution in [0.2, 0.25) is 0 Å². The Morgan fingerprint density at radius 2 is 2.26 bits per heavy atom. The molecule has 3 N–H and O–H groups in total. The Kier molecular flexibility index (Phi) is 4.24. The minimum atomic E-state index is -3.63. The highest BCUT2D eigenvalue weighted by Crippen LogP contribution is 2.29. The maximum atomic E-state index is 12.6. The molecule has 1 saturated heterocycles. The Morgan fingerprint density at radius 1 is 1.53 bits per heavy atom. The molecule has 0 saturated carbocycles. The fraction of sp³-hybridized carbons (Fsp3) is 0.545. The lowest BCUT2D eigenvalue weighted by Crippen LogP contribution is -2.42. The number of hydrogen-bond acceptors (Lipinski definition) is 5. The highest BCUT2D eigenvalue weighted by Gasteiger charge is 2.34. The van der Waals surface area contributed by atoms with Gasteiger partial charge in [-0.25, -0.2) is 14.3 Å². The summed E-state index contributed by atoms with van der Waals surface area (Å²) in [6.45, 7) is 2.40. The Hall–Kier alpha value is -0.960. The molecule has 106 valence electrons. The summed E-state index contributed by atoms with van der Waals surface area (Å²) in [5, 5.41) is 1.59. The molecule has 0 bridgehead atoms. The van der Waals surface area contributed by atoms with Crippen LogP contribution in [-0.4, -0.2) is 31.2 Å². The molecule has 2 rings (SSSR count). The van der Waals surface area contributed by atoms with Gasteiger partial charge < -0.3 is 0 Å². The van der Waals surface area contributed by atoms with Gasteiger partial charge in [0.1, 0.15) is 9.77 Å². The summed E-state index contributed by atoms with van der Waals surface area (Å²) < 4.78 is 26.7. The third-order valence-corrected chi connectivity index (χ3v) is 6.39. The van der Waals surface area contributed by atoms with E-state index in [0.717, 1.165) is 30.6 Å². The first-order chi connectivity index (χ1) is 8.98. The maximum absolute atomic E-state index is 12.6. The average Bonchev–Trinajstić information content (AvgIpc) is 2.88. The van der Waals surface area contributed by atoms with Gasteiger partial charge in [0.2, 0.25) is 10.0 Å². The van der Waals surface area contributed by atoms with Crippen LogP contribution in [0.3, 0.4) is 0 Å². The van der Waals surface area contributed by atoms with Gasteiger partial charge in [-0.3, -0.25) is 10.2 Å². The van der Waals surface area contributed by atoms with Gasteiger partial charge in [0, 0.05) is 12.6 Å². The first-order valence-electron chi connectivity index (χ1n) is 6.08. The van der Waals surface area contributed by atoms with E-state index in [-0.39, 0.29) is 15.8 Å². The van der Waals surface area contributed by atoms with Crippen molar-refractivity contribution in [3.05, 3.63) is 16.3 Å². The Morgan fingerprint density at radius 3 is 2.89 bits per heavy atom. The van der Waals surface area contributed by atoms with E-state index >= 15 is 0 Å². The van der Waals surface area contributed by atoms with E-state index in [2.05, 4.69) is 0 Å². The fourth-order valence-electron chi connectivity index (χ4n) is 2.29. The maximum Gasteiger partial charge on any atom is 0.276 e. The summed E-state index contributed by atoms with van der Waals surface area (Å²) in [7, 11) is -3.63. The summed E-state index contributed by atoms with van der Waals surface area (Å²) in [4.78, 5) is 11.8. The van der Waals surface area contributed by atoms with Gasteiger partial charge in [0.15, 0.2) is 0 Å². The number of thiophene rings is 1. The molecular weight excluding hydrogens is 286 g/mol. The molecule has 1 amide bonds. The highest BCUT2D eigenvalue weighted by atomic mass is 32.2. The van der Waals surface area contributed by atoms with Crippen molar-refractivity contribution in [3.63, 3.8) is 0 Å². The zero-order valence-electron chi connectivity index (χ0n) is 10.6. The Labute approximate surface area is 116 Å². The molecule has 0 aliphatic carbocycles. The van der Waals surface area contributed by atoms with Crippen molar-refractivity contribution in [2.75, 3.05) is 6.54 Å². The Bertz CT molecular complexity index is 567. The van der Waals surface area contributed by atoms with Gasteiger partial charge in [0.25, 0.3) is 5.91 Å². The van der Waals surface area contributed by atoms with E-state index in [1.165, 1.54) is 10.4 Å². The van der Waals surface area contributed by atoms with E-state index in [1.807, 2.05) is 12.3 Å². The minimum Gasteiger partial charge on any atom is -0.289 e. The molecule has 0 aromatic carbocycles. The number of nitrogens with zero attached hydrogens (tertiary/aromatic N) is 1. The minimum absolute atomic E-state index is 0.0348. The molecule has 1 aliphatic heterocycles. The number of rotatable bonds is 3. The van der Waals surface area contributed by atoms with E-state index < -0.39 is 15.9 Å². The predicted octanol–water partition coefficient (Wildman–Crippen LogP) is 0.915. The average molecular weight is 303 g/mol. The molecular formula is C11H17N3O3S2. The molecule has 1 fully saturated rings. The molecule has 8 heteroatoms. The SMILES string of the molecule is CC1CCCCN1S(=O)(=O)c1ccsc1C(=O)NN. The summed E-state index contributed by atoms with van der Waals surface area (Å²) in [5.41, 5.74) is 1.98. The third kappa shape index (κ3) is 2.66. The third-order valence-electron chi connectivity index (χ3n) is 3.30. The fourth-order valence-corrected chi connectivity index (χ4v) is 5.29. The molecule has 1 aromatic heterocycles. The summed E-state index contributed by atoms with van der Waals surface area (Å²) in [5.74, 6) is 4.51. The van der Waals surface area contributed by atoms with Crippen molar-refractivity contribution in [2.24, 2.45) is 5.84 Å². The van der Waals surface area contributed by atoms with Crippen LogP contribution in [0.25, 0.3) is 0 Å². The number of sulfonamides is 1. The predicted molar refractivity (Wildman–Crippen MR) is 73.2 cm³/mol. The number of piperidine rings is 1. The number of hydrogen-bond donors (Lipinski definition) is 2. The molecule has 6 nitrogen and oxygen atoms in total. The van der Waals surface area contributed by atoms with Crippen LogP contribution >= 0.6 is 11.3 Å². The summed E-state index contributed by atoms with van der Waals surface area (Å²) in [6, 6.07) is 1.43. The standard InChI is InChI=1S/C11H17N3O3S2/c1-8-4-2-3-6-14(8)19(16,17)9-5-7-18-10(9)11(15)13-12/h5,7-8H,2-4,6,12H2,1H3,(H,13,15). The molecule has 1 aromatic rings. The van der Waals surface area contributed by atoms with Gasteiger partial charge in [-0.1, -0.05) is 6.42 Å². The molecule has 1 atom stereocenters. The van der Waals surface area contributed by atoms with Crippen molar-refractivity contribution in [2.45, 2.75) is 37.1 Å². The molecule has 0 radical (unpaired) electrons.